The van der Waals surface area contributed by atoms with E-state index in [2.05, 4.69) is 21.1 Å². The van der Waals surface area contributed by atoms with Crippen molar-refractivity contribution < 1.29 is 48.7 Å². The zero-order valence-corrected chi connectivity index (χ0v) is 15.7. The first kappa shape index (κ1) is 28.4. The van der Waals surface area contributed by atoms with Crippen LogP contribution in [0.5, 0.6) is 0 Å². The largest absolute Gasteiger partial charge is 0.505 e. The minimum Gasteiger partial charge on any atom is -0.464 e. The van der Waals surface area contributed by atoms with E-state index in [1.165, 1.54) is 19.8 Å². The summed E-state index contributed by atoms with van der Waals surface area (Å²) in [6, 6.07) is 0. The highest BCUT2D eigenvalue weighted by atomic mass is 16.7. The number of aliphatic hydroxyl groups excluding tert-OH is 1. The molecule has 0 fully saturated rings. The number of carbonyl (C=O) groups excluding carboxylic acids is 2. The van der Waals surface area contributed by atoms with Crippen LogP contribution in [0.4, 0.5) is 9.59 Å². The third-order valence-electron chi connectivity index (χ3n) is 2.29. The summed E-state index contributed by atoms with van der Waals surface area (Å²) >= 11 is 0. The van der Waals surface area contributed by atoms with E-state index < -0.39 is 24.4 Å². The highest BCUT2D eigenvalue weighted by molar-refractivity contribution is 5.75. The summed E-state index contributed by atoms with van der Waals surface area (Å²) in [4.78, 5) is 39.8. The van der Waals surface area contributed by atoms with Gasteiger partial charge in [-0.2, -0.15) is 0 Å². The normalized spacial score (nSPS) is 10.0. The molecule has 10 heteroatoms. The Labute approximate surface area is 153 Å². The predicted molar refractivity (Wildman–Crippen MR) is 91.1 cm³/mol. The van der Waals surface area contributed by atoms with Gasteiger partial charge in [0.1, 0.15) is 25.1 Å². The molecule has 0 aliphatic rings. The first-order chi connectivity index (χ1) is 12.1. The fourth-order valence-corrected chi connectivity index (χ4v) is 1.14. The van der Waals surface area contributed by atoms with E-state index in [0.717, 1.165) is 12.8 Å². The van der Waals surface area contributed by atoms with Gasteiger partial charge in [0.15, 0.2) is 0 Å². The molecule has 0 radical (unpaired) electrons. The van der Waals surface area contributed by atoms with Crippen molar-refractivity contribution in [2.75, 3.05) is 19.8 Å². The van der Waals surface area contributed by atoms with Crippen molar-refractivity contribution in [1.29, 1.82) is 0 Å². The lowest BCUT2D eigenvalue weighted by atomic mass is 10.2. The third-order valence-corrected chi connectivity index (χ3v) is 2.29. The van der Waals surface area contributed by atoms with Crippen LogP contribution in [0.15, 0.2) is 0 Å². The van der Waals surface area contributed by atoms with E-state index >= 15 is 0 Å². The molecule has 0 aromatic carbocycles. The lowest BCUT2D eigenvalue weighted by Gasteiger charge is -2.01. The van der Waals surface area contributed by atoms with Gasteiger partial charge in [-0.25, -0.2) is 14.4 Å². The number of hydrogen-bond acceptors (Lipinski definition) is 8. The minimum absolute atomic E-state index is 0.276. The molecule has 0 bridgehead atoms. The maximum atomic E-state index is 10.3. The van der Waals surface area contributed by atoms with E-state index in [4.69, 9.17) is 15.3 Å². The highest BCUT2D eigenvalue weighted by Gasteiger charge is 2.07. The first-order valence-electron chi connectivity index (χ1n) is 8.13. The fourth-order valence-electron chi connectivity index (χ4n) is 1.14. The lowest BCUT2D eigenvalue weighted by Crippen LogP contribution is -2.18. The number of esters is 1. The second-order valence-electron chi connectivity index (χ2n) is 4.82. The summed E-state index contributed by atoms with van der Waals surface area (Å²) in [6.07, 6.45) is 0.352. The van der Waals surface area contributed by atoms with Gasteiger partial charge in [-0.1, -0.05) is 19.8 Å². The highest BCUT2D eigenvalue weighted by Crippen LogP contribution is 1.98. The predicted octanol–water partition coefficient (Wildman–Crippen LogP) is 2.46. The Morgan fingerprint density at radius 3 is 1.58 bits per heavy atom. The second kappa shape index (κ2) is 20.7. The Morgan fingerprint density at radius 1 is 0.885 bits per heavy atom. The van der Waals surface area contributed by atoms with Gasteiger partial charge in [0.25, 0.3) is 0 Å². The molecule has 0 saturated heterocycles. The molecule has 26 heavy (non-hydrogen) atoms. The van der Waals surface area contributed by atoms with Gasteiger partial charge in [-0.05, 0) is 27.2 Å². The number of rotatable bonds is 9. The maximum absolute atomic E-state index is 10.3. The van der Waals surface area contributed by atoms with E-state index in [1.54, 1.807) is 13.8 Å². The minimum atomic E-state index is -1.45. The zero-order valence-electron chi connectivity index (χ0n) is 15.7. The number of hydrogen-bond donors (Lipinski definition) is 3. The monoisotopic (exact) mass is 382 g/mol. The number of carboxylic acid groups (broad SMARTS) is 2. The van der Waals surface area contributed by atoms with Gasteiger partial charge in [0, 0.05) is 6.42 Å². The van der Waals surface area contributed by atoms with E-state index in [9.17, 15) is 19.2 Å². The smallest absolute Gasteiger partial charge is 0.464 e. The summed E-state index contributed by atoms with van der Waals surface area (Å²) < 4.78 is 12.3. The SMILES string of the molecule is CCCCCC(C)=O.CCOC(=O)C(C)O.O=C(O)OCCOC(=O)O. The number of carbonyl (C=O) groups is 4. The molecular weight excluding hydrogens is 352 g/mol. The van der Waals surface area contributed by atoms with Gasteiger partial charge >= 0.3 is 18.3 Å². The van der Waals surface area contributed by atoms with Crippen LogP contribution in [0.25, 0.3) is 0 Å². The van der Waals surface area contributed by atoms with E-state index in [-0.39, 0.29) is 13.2 Å². The Morgan fingerprint density at radius 2 is 1.35 bits per heavy atom. The average Bonchev–Trinajstić information content (AvgIpc) is 2.52. The van der Waals surface area contributed by atoms with Crippen molar-refractivity contribution in [1.82, 2.24) is 0 Å². The summed E-state index contributed by atoms with van der Waals surface area (Å²) in [7, 11) is 0. The van der Waals surface area contributed by atoms with Crippen molar-refractivity contribution in [2.45, 2.75) is 59.5 Å². The van der Waals surface area contributed by atoms with Crippen molar-refractivity contribution >= 4 is 24.1 Å². The van der Waals surface area contributed by atoms with Crippen molar-refractivity contribution in [3.8, 4) is 0 Å². The Balaban J connectivity index is -0.000000308. The van der Waals surface area contributed by atoms with Crippen LogP contribution >= 0.6 is 0 Å². The third kappa shape index (κ3) is 33.3. The molecule has 1 atom stereocenters. The number of aliphatic hydroxyl groups is 1. The van der Waals surface area contributed by atoms with Crippen LogP contribution in [0.1, 0.15) is 53.4 Å². The molecule has 0 aliphatic carbocycles. The van der Waals surface area contributed by atoms with Crippen molar-refractivity contribution in [3.63, 3.8) is 0 Å². The van der Waals surface area contributed by atoms with Crippen molar-refractivity contribution in [3.05, 3.63) is 0 Å². The van der Waals surface area contributed by atoms with E-state index in [1.807, 2.05) is 0 Å². The number of Topliss-reactive ketones (excluding diaryl/α,β-unsaturated/α-hetero) is 1. The van der Waals surface area contributed by atoms with Crippen molar-refractivity contribution in [2.24, 2.45) is 0 Å². The molecule has 1 unspecified atom stereocenters. The summed E-state index contributed by atoms with van der Waals surface area (Å²) in [5.41, 5.74) is 0. The van der Waals surface area contributed by atoms with Crippen LogP contribution in [0, 0.1) is 0 Å². The van der Waals surface area contributed by atoms with Crippen LogP contribution in [-0.2, 0) is 23.8 Å². The number of ether oxygens (including phenoxy) is 3. The number of unbranched alkanes of at least 4 members (excludes halogenated alkanes) is 2. The molecule has 0 aromatic heterocycles. The summed E-state index contributed by atoms with van der Waals surface area (Å²) in [5.74, 6) is -0.244. The Bertz CT molecular complexity index is 376. The first-order valence-corrected chi connectivity index (χ1v) is 8.13. The maximum Gasteiger partial charge on any atom is 0.505 e. The Kier molecular flexibility index (Phi) is 22.6. The van der Waals surface area contributed by atoms with Gasteiger partial charge in [0.05, 0.1) is 6.61 Å². The molecule has 0 heterocycles. The average molecular weight is 382 g/mol. The summed E-state index contributed by atoms with van der Waals surface area (Å²) in [5, 5.41) is 24.2. The standard InChI is InChI=1S/C7H14O.C5H10O3.C4H6O6/c1-3-4-5-6-7(2)8;1-3-8-5(7)4(2)6;5-3(6)9-1-2-10-4(7)8/h3-6H2,1-2H3;4,6H,3H2,1-2H3;1-2H2,(H,5,6)(H,7,8). The number of ketones is 1. The summed E-state index contributed by atoms with van der Waals surface area (Å²) in [6.45, 7) is 6.63. The molecule has 0 saturated carbocycles. The molecular formula is C16H30O10. The van der Waals surface area contributed by atoms with Gasteiger partial charge < -0.3 is 34.3 Å². The molecule has 0 aliphatic heterocycles. The van der Waals surface area contributed by atoms with Gasteiger partial charge in [-0.15, -0.1) is 0 Å². The molecule has 154 valence electrons. The van der Waals surface area contributed by atoms with Crippen LogP contribution in [0.2, 0.25) is 0 Å². The second-order valence-corrected chi connectivity index (χ2v) is 4.82. The molecule has 10 nitrogen and oxygen atoms in total. The molecule has 0 aromatic rings. The fraction of sp³-hybridized carbons (Fsp3) is 0.750. The van der Waals surface area contributed by atoms with Gasteiger partial charge in [0.2, 0.25) is 0 Å². The van der Waals surface area contributed by atoms with Crippen LogP contribution in [0.3, 0.4) is 0 Å². The molecule has 0 rings (SSSR count). The lowest BCUT2D eigenvalue weighted by molar-refractivity contribution is -0.151. The Hall–Kier alpha value is -2.36. The van der Waals surface area contributed by atoms with Crippen LogP contribution < -0.4 is 0 Å². The molecule has 0 amide bonds. The zero-order chi connectivity index (χ0) is 21.0. The topological polar surface area (TPSA) is 157 Å². The van der Waals surface area contributed by atoms with E-state index in [0.29, 0.717) is 12.4 Å². The molecule has 3 N–H and O–H groups in total. The van der Waals surface area contributed by atoms with Gasteiger partial charge in [-0.3, -0.25) is 0 Å². The van der Waals surface area contributed by atoms with Crippen LogP contribution in [-0.4, -0.2) is 65.3 Å². The molecule has 0 spiro atoms. The quantitative estimate of drug-likeness (QED) is 0.307.